The van der Waals surface area contributed by atoms with Crippen LogP contribution in [0.1, 0.15) is 43.4 Å². The van der Waals surface area contributed by atoms with Crippen LogP contribution in [0.15, 0.2) is 21.3 Å². The van der Waals surface area contributed by atoms with Gasteiger partial charge < -0.3 is 19.2 Å². The summed E-state index contributed by atoms with van der Waals surface area (Å²) in [7, 11) is 0. The molecule has 2 aliphatic heterocycles. The van der Waals surface area contributed by atoms with Crippen molar-refractivity contribution in [3.05, 3.63) is 39.2 Å². The van der Waals surface area contributed by atoms with Crippen LogP contribution < -0.4 is 15.7 Å². The molecule has 0 saturated carbocycles. The Labute approximate surface area is 182 Å². The van der Waals surface area contributed by atoms with Crippen LogP contribution in [0.25, 0.3) is 11.0 Å². The van der Waals surface area contributed by atoms with E-state index in [1.807, 2.05) is 19.1 Å². The molecule has 1 fully saturated rings. The topological polar surface area (TPSA) is 81.0 Å². The van der Waals surface area contributed by atoms with E-state index in [4.69, 9.17) is 13.9 Å². The summed E-state index contributed by atoms with van der Waals surface area (Å²) in [6.45, 7) is 11.0. The Hall–Kier alpha value is -2.38. The first-order valence-electron chi connectivity index (χ1n) is 11.2. The highest BCUT2D eigenvalue weighted by Gasteiger charge is 2.27. The predicted molar refractivity (Wildman–Crippen MR) is 119 cm³/mol. The van der Waals surface area contributed by atoms with E-state index in [0.29, 0.717) is 17.7 Å². The zero-order chi connectivity index (χ0) is 22.0. The summed E-state index contributed by atoms with van der Waals surface area (Å²) in [5, 5.41) is 3.81. The van der Waals surface area contributed by atoms with Crippen LogP contribution in [0, 0.1) is 6.92 Å². The standard InChI is InChI=1S/C24H32N2O5/c1-16-18-13-17-5-6-24(2,3)31-20(17)15-21(18)30-23(28)19(16)14-22(27)25-7-4-8-26-9-11-29-12-10-26/h13,15H,4-12,14H2,1-3H3,(H,25,27). The van der Waals surface area contributed by atoms with E-state index in [9.17, 15) is 9.59 Å². The van der Waals surface area contributed by atoms with Gasteiger partial charge in [0, 0.05) is 31.1 Å². The van der Waals surface area contributed by atoms with E-state index in [1.54, 1.807) is 0 Å². The highest BCUT2D eigenvalue weighted by atomic mass is 16.5. The molecule has 7 heteroatoms. The van der Waals surface area contributed by atoms with E-state index in [1.165, 1.54) is 0 Å². The molecule has 0 unspecified atom stereocenters. The van der Waals surface area contributed by atoms with Gasteiger partial charge in [0.25, 0.3) is 0 Å². The van der Waals surface area contributed by atoms with Gasteiger partial charge in [-0.05, 0) is 63.8 Å². The Kier molecular flexibility index (Phi) is 6.34. The average molecular weight is 429 g/mol. The number of hydrogen-bond acceptors (Lipinski definition) is 6. The zero-order valence-corrected chi connectivity index (χ0v) is 18.7. The summed E-state index contributed by atoms with van der Waals surface area (Å²) in [6.07, 6.45) is 2.75. The molecule has 1 aromatic carbocycles. The third-order valence-electron chi connectivity index (χ3n) is 6.27. The van der Waals surface area contributed by atoms with Crippen molar-refractivity contribution in [3.63, 3.8) is 0 Å². The molecule has 4 rings (SSSR count). The lowest BCUT2D eigenvalue weighted by molar-refractivity contribution is -0.120. The highest BCUT2D eigenvalue weighted by molar-refractivity contribution is 5.86. The van der Waals surface area contributed by atoms with Crippen LogP contribution in [0.3, 0.4) is 0 Å². The average Bonchev–Trinajstić information content (AvgIpc) is 2.73. The third-order valence-corrected chi connectivity index (χ3v) is 6.27. The number of morpholine rings is 1. The monoisotopic (exact) mass is 428 g/mol. The molecule has 1 amide bonds. The molecule has 0 atom stereocenters. The zero-order valence-electron chi connectivity index (χ0n) is 18.7. The van der Waals surface area contributed by atoms with E-state index in [2.05, 4.69) is 24.1 Å². The Balaban J connectivity index is 1.42. The third kappa shape index (κ3) is 5.10. The van der Waals surface area contributed by atoms with Crippen molar-refractivity contribution < 1.29 is 18.7 Å². The Morgan fingerprint density at radius 2 is 2.00 bits per heavy atom. The van der Waals surface area contributed by atoms with Crippen molar-refractivity contribution in [2.75, 3.05) is 39.4 Å². The molecule has 1 N–H and O–H groups in total. The second-order valence-corrected chi connectivity index (χ2v) is 9.15. The van der Waals surface area contributed by atoms with Crippen LogP contribution in [-0.4, -0.2) is 55.8 Å². The first kappa shape index (κ1) is 21.8. The van der Waals surface area contributed by atoms with Gasteiger partial charge in [-0.1, -0.05) is 0 Å². The van der Waals surface area contributed by atoms with E-state index in [0.717, 1.165) is 74.4 Å². The second-order valence-electron chi connectivity index (χ2n) is 9.15. The first-order chi connectivity index (χ1) is 14.8. The minimum absolute atomic E-state index is 0.0300. The fraction of sp³-hybridized carbons (Fsp3) is 0.583. The fourth-order valence-corrected chi connectivity index (χ4v) is 4.32. The van der Waals surface area contributed by atoms with Gasteiger partial charge in [-0.15, -0.1) is 0 Å². The lowest BCUT2D eigenvalue weighted by Gasteiger charge is -2.32. The summed E-state index contributed by atoms with van der Waals surface area (Å²) in [5.41, 5.74) is 2.17. The van der Waals surface area contributed by atoms with Gasteiger partial charge in [0.2, 0.25) is 5.91 Å². The maximum absolute atomic E-state index is 12.6. The summed E-state index contributed by atoms with van der Waals surface area (Å²) in [4.78, 5) is 27.4. The molecular weight excluding hydrogens is 396 g/mol. The number of carbonyl (C=O) groups excluding carboxylic acids is 1. The molecule has 31 heavy (non-hydrogen) atoms. The van der Waals surface area contributed by atoms with Gasteiger partial charge in [0.1, 0.15) is 16.9 Å². The van der Waals surface area contributed by atoms with Crippen molar-refractivity contribution in [2.45, 2.75) is 52.1 Å². The van der Waals surface area contributed by atoms with Crippen molar-refractivity contribution in [2.24, 2.45) is 0 Å². The first-order valence-corrected chi connectivity index (χ1v) is 11.2. The summed E-state index contributed by atoms with van der Waals surface area (Å²) in [5.74, 6) is 0.622. The number of fused-ring (bicyclic) bond motifs is 2. The number of ether oxygens (including phenoxy) is 2. The lowest BCUT2D eigenvalue weighted by atomic mass is 9.92. The van der Waals surface area contributed by atoms with Crippen LogP contribution >= 0.6 is 0 Å². The van der Waals surface area contributed by atoms with Crippen LogP contribution in [0.2, 0.25) is 0 Å². The van der Waals surface area contributed by atoms with Crippen LogP contribution in [0.5, 0.6) is 5.75 Å². The number of nitrogens with one attached hydrogen (secondary N) is 1. The quantitative estimate of drug-likeness (QED) is 0.563. The highest BCUT2D eigenvalue weighted by Crippen LogP contribution is 2.36. The van der Waals surface area contributed by atoms with Crippen LogP contribution in [-0.2, 0) is 22.4 Å². The maximum Gasteiger partial charge on any atom is 0.340 e. The van der Waals surface area contributed by atoms with Crippen molar-refractivity contribution in [1.29, 1.82) is 0 Å². The SMILES string of the molecule is Cc1c(CC(=O)NCCCN2CCOCC2)c(=O)oc2cc3c(cc12)CCC(C)(C)O3. The van der Waals surface area contributed by atoms with E-state index in [-0.39, 0.29) is 17.9 Å². The smallest absolute Gasteiger partial charge is 0.340 e. The van der Waals surface area contributed by atoms with Crippen molar-refractivity contribution in [3.8, 4) is 5.75 Å². The lowest BCUT2D eigenvalue weighted by Crippen LogP contribution is -2.38. The van der Waals surface area contributed by atoms with Gasteiger partial charge >= 0.3 is 5.63 Å². The van der Waals surface area contributed by atoms with Crippen molar-refractivity contribution in [1.82, 2.24) is 10.2 Å². The number of nitrogens with zero attached hydrogens (tertiary/aromatic N) is 1. The van der Waals surface area contributed by atoms with E-state index < -0.39 is 5.63 Å². The molecule has 0 bridgehead atoms. The molecule has 2 aromatic rings. The molecule has 2 aliphatic rings. The molecule has 1 saturated heterocycles. The minimum atomic E-state index is -0.455. The van der Waals surface area contributed by atoms with Crippen molar-refractivity contribution >= 4 is 16.9 Å². The molecule has 1 aromatic heterocycles. The fourth-order valence-electron chi connectivity index (χ4n) is 4.32. The van der Waals surface area contributed by atoms with Gasteiger partial charge in [0.15, 0.2) is 0 Å². The predicted octanol–water partition coefficient (Wildman–Crippen LogP) is 2.59. The number of rotatable bonds is 6. The maximum atomic E-state index is 12.6. The summed E-state index contributed by atoms with van der Waals surface area (Å²) < 4.78 is 17.0. The van der Waals surface area contributed by atoms with Gasteiger partial charge in [-0.25, -0.2) is 4.79 Å². The van der Waals surface area contributed by atoms with Gasteiger partial charge in [-0.2, -0.15) is 0 Å². The molecule has 7 nitrogen and oxygen atoms in total. The number of hydrogen-bond donors (Lipinski definition) is 1. The minimum Gasteiger partial charge on any atom is -0.487 e. The molecular formula is C24H32N2O5. The normalized spacial score (nSPS) is 18.4. The second kappa shape index (κ2) is 9.01. The van der Waals surface area contributed by atoms with Gasteiger partial charge in [0.05, 0.1) is 25.2 Å². The summed E-state index contributed by atoms with van der Waals surface area (Å²) in [6, 6.07) is 3.86. The Morgan fingerprint density at radius 1 is 1.23 bits per heavy atom. The number of aryl methyl sites for hydroxylation is 2. The van der Waals surface area contributed by atoms with Crippen LogP contribution in [0.4, 0.5) is 0 Å². The van der Waals surface area contributed by atoms with E-state index >= 15 is 0 Å². The summed E-state index contributed by atoms with van der Waals surface area (Å²) >= 11 is 0. The Morgan fingerprint density at radius 3 is 2.77 bits per heavy atom. The Bertz CT molecular complexity index is 1020. The molecule has 0 aliphatic carbocycles. The van der Waals surface area contributed by atoms with Gasteiger partial charge in [-0.3, -0.25) is 9.69 Å². The molecule has 0 spiro atoms. The largest absolute Gasteiger partial charge is 0.487 e. The molecule has 3 heterocycles. The molecule has 0 radical (unpaired) electrons. The number of amides is 1. The molecule has 168 valence electrons. The number of carbonyl (C=O) groups is 1. The number of benzene rings is 1.